The molecule has 0 aromatic carbocycles. The van der Waals surface area contributed by atoms with E-state index >= 15 is 0 Å². The predicted octanol–water partition coefficient (Wildman–Crippen LogP) is -0.164. The number of anilines is 1. The van der Waals surface area contributed by atoms with Crippen molar-refractivity contribution < 1.29 is 28.5 Å². The first-order chi connectivity index (χ1) is 11.2. The summed E-state index contributed by atoms with van der Waals surface area (Å²) in [5.41, 5.74) is 0.606. The van der Waals surface area contributed by atoms with Gasteiger partial charge in [0.1, 0.15) is 5.60 Å². The largest absolute Gasteiger partial charge is 0.476 e. The number of nitrogen functional groups attached to an aromatic ring is 1. The lowest BCUT2D eigenvalue weighted by Crippen LogP contribution is -2.46. The first-order valence-electron chi connectivity index (χ1n) is 7.27. The van der Waals surface area contributed by atoms with Gasteiger partial charge in [0.05, 0.1) is 12.9 Å². The number of fused-ring (bicyclic) bond motifs is 2. The molecular formula is C13H15F2N5O4. The van der Waals surface area contributed by atoms with Crippen LogP contribution in [0.1, 0.15) is 20.1 Å². The van der Waals surface area contributed by atoms with Crippen LogP contribution in [0.15, 0.2) is 6.33 Å². The van der Waals surface area contributed by atoms with E-state index in [1.165, 1.54) is 6.33 Å². The number of ether oxygens (including phenoxy) is 2. The number of halogens is 2. The van der Waals surface area contributed by atoms with Crippen LogP contribution in [0.3, 0.4) is 0 Å². The molecule has 5 unspecified atom stereocenters. The van der Waals surface area contributed by atoms with Gasteiger partial charge in [0.15, 0.2) is 23.5 Å². The SMILES string of the molecule is CCOc1nc(N)nc2c1ncn2C1OC2(F)C(O)C2(F)C1(C)O. The van der Waals surface area contributed by atoms with Crippen molar-refractivity contribution in [1.29, 1.82) is 0 Å². The normalized spacial score (nSPS) is 40.8. The van der Waals surface area contributed by atoms with E-state index in [0.717, 1.165) is 11.5 Å². The van der Waals surface area contributed by atoms with Gasteiger partial charge in [0, 0.05) is 0 Å². The predicted molar refractivity (Wildman–Crippen MR) is 75.3 cm³/mol. The second kappa shape index (κ2) is 4.29. The summed E-state index contributed by atoms with van der Waals surface area (Å²) in [5.74, 6) is -3.02. The topological polar surface area (TPSA) is 129 Å². The molecule has 0 radical (unpaired) electrons. The second-order valence-corrected chi connectivity index (χ2v) is 6.02. The number of imidazole rings is 1. The van der Waals surface area contributed by atoms with E-state index in [1.54, 1.807) is 6.92 Å². The molecule has 9 nitrogen and oxygen atoms in total. The van der Waals surface area contributed by atoms with E-state index in [9.17, 15) is 19.0 Å². The zero-order valence-corrected chi connectivity index (χ0v) is 12.8. The first-order valence-corrected chi connectivity index (χ1v) is 7.27. The van der Waals surface area contributed by atoms with E-state index < -0.39 is 29.5 Å². The highest BCUT2D eigenvalue weighted by atomic mass is 19.2. The Morgan fingerprint density at radius 2 is 2.17 bits per heavy atom. The van der Waals surface area contributed by atoms with E-state index in [0.29, 0.717) is 6.61 Å². The monoisotopic (exact) mass is 343 g/mol. The van der Waals surface area contributed by atoms with Gasteiger partial charge in [0.25, 0.3) is 5.85 Å². The van der Waals surface area contributed by atoms with Gasteiger partial charge >= 0.3 is 0 Å². The lowest BCUT2D eigenvalue weighted by molar-refractivity contribution is -0.177. The van der Waals surface area contributed by atoms with Crippen molar-refractivity contribution in [3.8, 4) is 5.88 Å². The van der Waals surface area contributed by atoms with Gasteiger partial charge in [-0.05, 0) is 13.8 Å². The van der Waals surface area contributed by atoms with Crippen molar-refractivity contribution in [2.24, 2.45) is 0 Å². The molecule has 3 heterocycles. The van der Waals surface area contributed by atoms with Crippen molar-refractivity contribution in [2.45, 2.75) is 43.3 Å². The molecule has 0 spiro atoms. The Hall–Kier alpha value is -2.11. The number of aromatic nitrogens is 4. The summed E-state index contributed by atoms with van der Waals surface area (Å²) in [4.78, 5) is 11.9. The average molecular weight is 343 g/mol. The minimum absolute atomic E-state index is 0.0826. The number of nitrogens with two attached hydrogens (primary N) is 1. The number of rotatable bonds is 3. The number of hydrogen-bond acceptors (Lipinski definition) is 8. The number of aliphatic hydroxyl groups excluding tert-OH is 1. The lowest BCUT2D eigenvalue weighted by atomic mass is 9.96. The molecule has 1 aliphatic carbocycles. The fraction of sp³-hybridized carbons (Fsp3) is 0.615. The van der Waals surface area contributed by atoms with E-state index in [2.05, 4.69) is 15.0 Å². The standard InChI is InChI=1S/C13H15F2N5O4/c1-3-23-7-5-6(18-10(16)19-7)20(4-17-5)9-11(2,22)12(14)8(21)13(12,15)24-9/h4,8-9,21-22H,3H2,1-2H3,(H2,16,18,19). The van der Waals surface area contributed by atoms with Gasteiger partial charge in [-0.25, -0.2) is 13.8 Å². The van der Waals surface area contributed by atoms with Crippen LogP contribution in [-0.2, 0) is 4.74 Å². The maximum absolute atomic E-state index is 14.6. The highest BCUT2D eigenvalue weighted by Gasteiger charge is 2.95. The van der Waals surface area contributed by atoms with Gasteiger partial charge < -0.3 is 25.4 Å². The van der Waals surface area contributed by atoms with Crippen LogP contribution in [0.2, 0.25) is 0 Å². The Labute approximate surface area is 134 Å². The quantitative estimate of drug-likeness (QED) is 0.701. The molecule has 2 aromatic heterocycles. The molecule has 4 N–H and O–H groups in total. The minimum atomic E-state index is -2.99. The summed E-state index contributed by atoms with van der Waals surface area (Å²) in [6.45, 7) is 3.07. The van der Waals surface area contributed by atoms with Crippen molar-refractivity contribution in [2.75, 3.05) is 12.3 Å². The average Bonchev–Trinajstić information content (AvgIpc) is 2.81. The number of alkyl halides is 2. The fourth-order valence-electron chi connectivity index (χ4n) is 3.24. The Morgan fingerprint density at radius 3 is 2.75 bits per heavy atom. The molecule has 2 aromatic rings. The van der Waals surface area contributed by atoms with E-state index in [1.807, 2.05) is 0 Å². The molecule has 1 aliphatic heterocycles. The Balaban J connectivity index is 1.84. The van der Waals surface area contributed by atoms with Crippen LogP contribution in [0.4, 0.5) is 14.7 Å². The number of aliphatic hydroxyl groups is 2. The molecule has 1 saturated carbocycles. The van der Waals surface area contributed by atoms with Gasteiger partial charge in [-0.2, -0.15) is 9.97 Å². The summed E-state index contributed by atoms with van der Waals surface area (Å²) in [5, 5.41) is 19.9. The molecule has 24 heavy (non-hydrogen) atoms. The van der Waals surface area contributed by atoms with Crippen molar-refractivity contribution >= 4 is 17.1 Å². The lowest BCUT2D eigenvalue weighted by Gasteiger charge is -2.30. The molecule has 2 fully saturated rings. The van der Waals surface area contributed by atoms with Crippen LogP contribution >= 0.6 is 0 Å². The zero-order chi connectivity index (χ0) is 17.5. The van der Waals surface area contributed by atoms with Crippen molar-refractivity contribution in [3.05, 3.63) is 6.33 Å². The van der Waals surface area contributed by atoms with Crippen molar-refractivity contribution in [1.82, 2.24) is 19.5 Å². The molecule has 0 amide bonds. The molecular weight excluding hydrogens is 328 g/mol. The fourth-order valence-corrected chi connectivity index (χ4v) is 3.24. The highest BCUT2D eigenvalue weighted by molar-refractivity contribution is 5.77. The Morgan fingerprint density at radius 1 is 1.46 bits per heavy atom. The Bertz CT molecular complexity index is 845. The van der Waals surface area contributed by atoms with E-state index in [4.69, 9.17) is 15.2 Å². The third kappa shape index (κ3) is 1.50. The molecule has 0 bridgehead atoms. The van der Waals surface area contributed by atoms with Crippen LogP contribution in [-0.4, -0.2) is 59.6 Å². The van der Waals surface area contributed by atoms with Gasteiger partial charge in [-0.15, -0.1) is 0 Å². The molecule has 130 valence electrons. The summed E-state index contributed by atoms with van der Waals surface area (Å²) < 4.78 is 40.4. The third-order valence-corrected chi connectivity index (χ3v) is 4.58. The summed E-state index contributed by atoms with van der Waals surface area (Å²) in [7, 11) is 0. The molecule has 1 saturated heterocycles. The molecule has 11 heteroatoms. The summed E-state index contributed by atoms with van der Waals surface area (Å²) in [6.07, 6.45) is -2.39. The van der Waals surface area contributed by atoms with Crippen LogP contribution in [0.5, 0.6) is 5.88 Å². The number of nitrogens with zero attached hydrogens (tertiary/aromatic N) is 4. The molecule has 5 atom stereocenters. The smallest absolute Gasteiger partial charge is 0.281 e. The summed E-state index contributed by atoms with van der Waals surface area (Å²) >= 11 is 0. The summed E-state index contributed by atoms with van der Waals surface area (Å²) in [6, 6.07) is 0. The minimum Gasteiger partial charge on any atom is -0.476 e. The first kappa shape index (κ1) is 15.4. The van der Waals surface area contributed by atoms with Gasteiger partial charge in [-0.1, -0.05) is 0 Å². The van der Waals surface area contributed by atoms with Crippen LogP contribution in [0.25, 0.3) is 11.2 Å². The Kier molecular flexibility index (Phi) is 2.76. The van der Waals surface area contributed by atoms with Crippen LogP contribution in [0, 0.1) is 0 Å². The van der Waals surface area contributed by atoms with Gasteiger partial charge in [0.2, 0.25) is 17.5 Å². The maximum Gasteiger partial charge on any atom is 0.281 e. The molecule has 2 aliphatic rings. The number of hydrogen-bond donors (Lipinski definition) is 3. The van der Waals surface area contributed by atoms with Gasteiger partial charge in [-0.3, -0.25) is 4.57 Å². The van der Waals surface area contributed by atoms with Crippen molar-refractivity contribution in [3.63, 3.8) is 0 Å². The molecule has 4 rings (SSSR count). The zero-order valence-electron chi connectivity index (χ0n) is 12.8. The maximum atomic E-state index is 14.6. The second-order valence-electron chi connectivity index (χ2n) is 6.02. The third-order valence-electron chi connectivity index (χ3n) is 4.58. The van der Waals surface area contributed by atoms with E-state index in [-0.39, 0.29) is 23.0 Å². The highest BCUT2D eigenvalue weighted by Crippen LogP contribution is 2.70. The van der Waals surface area contributed by atoms with Crippen LogP contribution < -0.4 is 10.5 Å².